The number of benzene rings is 2. The molecule has 0 saturated carbocycles. The zero-order valence-electron chi connectivity index (χ0n) is 14.5. The van der Waals surface area contributed by atoms with Crippen LogP contribution in [0.1, 0.15) is 18.4 Å². The van der Waals surface area contributed by atoms with E-state index in [2.05, 4.69) is 5.32 Å². The molecule has 2 aromatic carbocycles. The van der Waals surface area contributed by atoms with Crippen molar-refractivity contribution in [3.8, 4) is 5.75 Å². The molecule has 2 aliphatic rings. The van der Waals surface area contributed by atoms with Crippen LogP contribution < -0.4 is 10.1 Å². The van der Waals surface area contributed by atoms with E-state index in [-0.39, 0.29) is 18.4 Å². The van der Waals surface area contributed by atoms with Crippen molar-refractivity contribution in [2.45, 2.75) is 18.3 Å². The number of halogens is 2. The lowest BCUT2D eigenvalue weighted by Crippen LogP contribution is -2.49. The van der Waals surface area contributed by atoms with E-state index < -0.39 is 5.41 Å². The van der Waals surface area contributed by atoms with Crippen LogP contribution in [0.2, 0.25) is 10.0 Å². The Bertz CT molecular complexity index is 908. The van der Waals surface area contributed by atoms with Gasteiger partial charge in [0.05, 0.1) is 10.4 Å². The van der Waals surface area contributed by atoms with Gasteiger partial charge >= 0.3 is 0 Å². The van der Waals surface area contributed by atoms with E-state index in [1.54, 1.807) is 23.1 Å². The second-order valence-electron chi connectivity index (χ2n) is 6.83. The SMILES string of the molecule is O=C(COc1ccc(Cl)cc1Cl)N1CCC2(CC1)C(=O)Nc1ccccc12. The fraction of sp³-hybridized carbons (Fsp3) is 0.300. The van der Waals surface area contributed by atoms with Crippen LogP contribution in [-0.2, 0) is 15.0 Å². The Kier molecular flexibility index (Phi) is 4.74. The van der Waals surface area contributed by atoms with E-state index in [1.165, 1.54) is 0 Å². The van der Waals surface area contributed by atoms with Gasteiger partial charge in [-0.3, -0.25) is 9.59 Å². The summed E-state index contributed by atoms with van der Waals surface area (Å²) in [6.07, 6.45) is 1.20. The number of carbonyl (C=O) groups is 2. The number of piperidine rings is 1. The van der Waals surface area contributed by atoms with E-state index in [9.17, 15) is 9.59 Å². The molecule has 2 amide bonds. The third-order valence-electron chi connectivity index (χ3n) is 5.34. The van der Waals surface area contributed by atoms with E-state index in [0.717, 1.165) is 11.3 Å². The molecule has 1 fully saturated rings. The summed E-state index contributed by atoms with van der Waals surface area (Å²) < 4.78 is 5.54. The molecule has 2 heterocycles. The molecule has 1 saturated heterocycles. The number of hydrogen-bond donors (Lipinski definition) is 1. The highest BCUT2D eigenvalue weighted by molar-refractivity contribution is 6.35. The minimum Gasteiger partial charge on any atom is -0.482 e. The van der Waals surface area contributed by atoms with Gasteiger partial charge in [0.1, 0.15) is 5.75 Å². The largest absolute Gasteiger partial charge is 0.482 e. The Balaban J connectivity index is 1.39. The van der Waals surface area contributed by atoms with Crippen molar-refractivity contribution in [1.29, 1.82) is 0 Å². The number of likely N-dealkylation sites (tertiary alicyclic amines) is 1. The third-order valence-corrected chi connectivity index (χ3v) is 5.87. The number of ether oxygens (including phenoxy) is 1. The lowest BCUT2D eigenvalue weighted by Gasteiger charge is -2.37. The number of anilines is 1. The normalized spacial score (nSPS) is 17.6. The molecule has 0 radical (unpaired) electrons. The summed E-state index contributed by atoms with van der Waals surface area (Å²) in [5, 5.41) is 3.84. The Morgan fingerprint density at radius 1 is 1.15 bits per heavy atom. The van der Waals surface area contributed by atoms with Crippen molar-refractivity contribution in [2.24, 2.45) is 0 Å². The lowest BCUT2D eigenvalue weighted by molar-refractivity contribution is -0.137. The van der Waals surface area contributed by atoms with E-state index in [0.29, 0.717) is 41.7 Å². The summed E-state index contributed by atoms with van der Waals surface area (Å²) in [6.45, 7) is 0.924. The number of rotatable bonds is 3. The highest BCUT2D eigenvalue weighted by atomic mass is 35.5. The van der Waals surface area contributed by atoms with E-state index in [1.807, 2.05) is 24.3 Å². The standard InChI is InChI=1S/C20H18Cl2N2O3/c21-13-5-6-17(15(22)11-13)27-12-18(25)24-9-7-20(8-10-24)14-3-1-2-4-16(14)23-19(20)26/h1-6,11H,7-10,12H2,(H,23,26). The third kappa shape index (κ3) is 3.26. The van der Waals surface area contributed by atoms with Crippen LogP contribution in [0.5, 0.6) is 5.75 Å². The summed E-state index contributed by atoms with van der Waals surface area (Å²) >= 11 is 11.9. The molecule has 0 atom stereocenters. The first kappa shape index (κ1) is 18.1. The van der Waals surface area contributed by atoms with Gasteiger partial charge in [0.25, 0.3) is 5.91 Å². The molecule has 27 heavy (non-hydrogen) atoms. The number of nitrogens with zero attached hydrogens (tertiary/aromatic N) is 1. The highest BCUT2D eigenvalue weighted by Gasteiger charge is 2.48. The quantitative estimate of drug-likeness (QED) is 0.843. The van der Waals surface area contributed by atoms with Crippen molar-refractivity contribution in [3.05, 3.63) is 58.1 Å². The first-order chi connectivity index (χ1) is 13.0. The van der Waals surface area contributed by atoms with Gasteiger partial charge < -0.3 is 15.0 Å². The second kappa shape index (κ2) is 7.06. The Morgan fingerprint density at radius 2 is 1.89 bits per heavy atom. The molecule has 140 valence electrons. The number of carbonyl (C=O) groups excluding carboxylic acids is 2. The van der Waals surface area contributed by atoms with Crippen LogP contribution in [0.25, 0.3) is 0 Å². The molecule has 0 aromatic heterocycles. The number of fused-ring (bicyclic) bond motifs is 2. The number of nitrogens with one attached hydrogen (secondary N) is 1. The summed E-state index contributed by atoms with van der Waals surface area (Å²) in [5.41, 5.74) is 1.38. The predicted octanol–water partition coefficient (Wildman–Crippen LogP) is 3.88. The van der Waals surface area contributed by atoms with E-state index in [4.69, 9.17) is 27.9 Å². The molecule has 1 N–H and O–H groups in total. The first-order valence-corrected chi connectivity index (χ1v) is 9.52. The molecule has 2 aliphatic heterocycles. The molecule has 5 nitrogen and oxygen atoms in total. The second-order valence-corrected chi connectivity index (χ2v) is 7.67. The maximum Gasteiger partial charge on any atom is 0.260 e. The summed E-state index contributed by atoms with van der Waals surface area (Å²) in [6, 6.07) is 12.7. The van der Waals surface area contributed by atoms with Crippen LogP contribution in [0.15, 0.2) is 42.5 Å². The lowest BCUT2D eigenvalue weighted by atomic mass is 9.73. The number of amides is 2. The molecule has 0 aliphatic carbocycles. The van der Waals surface area contributed by atoms with Crippen LogP contribution in [-0.4, -0.2) is 36.4 Å². The monoisotopic (exact) mass is 404 g/mol. The zero-order chi connectivity index (χ0) is 19.0. The van der Waals surface area contributed by atoms with Crippen molar-refractivity contribution in [3.63, 3.8) is 0 Å². The molecule has 7 heteroatoms. The van der Waals surface area contributed by atoms with Gasteiger partial charge in [-0.05, 0) is 42.7 Å². The topological polar surface area (TPSA) is 58.6 Å². The average molecular weight is 405 g/mol. The summed E-state index contributed by atoms with van der Waals surface area (Å²) in [5.74, 6) is 0.328. The Morgan fingerprint density at radius 3 is 2.63 bits per heavy atom. The van der Waals surface area contributed by atoms with Crippen molar-refractivity contribution >= 4 is 40.7 Å². The van der Waals surface area contributed by atoms with Crippen molar-refractivity contribution in [2.75, 3.05) is 25.0 Å². The van der Waals surface area contributed by atoms with Gasteiger partial charge in [-0.1, -0.05) is 41.4 Å². The minimum atomic E-state index is -0.534. The van der Waals surface area contributed by atoms with Crippen LogP contribution >= 0.6 is 23.2 Å². The molecule has 4 rings (SSSR count). The minimum absolute atomic E-state index is 0.0278. The molecular weight excluding hydrogens is 387 g/mol. The Labute approximate surface area is 167 Å². The highest BCUT2D eigenvalue weighted by Crippen LogP contribution is 2.44. The van der Waals surface area contributed by atoms with Gasteiger partial charge in [-0.2, -0.15) is 0 Å². The fourth-order valence-corrected chi connectivity index (χ4v) is 4.29. The molecule has 2 aromatic rings. The van der Waals surface area contributed by atoms with Crippen LogP contribution in [0.3, 0.4) is 0 Å². The number of para-hydroxylation sites is 1. The van der Waals surface area contributed by atoms with Crippen LogP contribution in [0, 0.1) is 0 Å². The predicted molar refractivity (Wildman–Crippen MR) is 105 cm³/mol. The van der Waals surface area contributed by atoms with Gasteiger partial charge in [-0.15, -0.1) is 0 Å². The smallest absolute Gasteiger partial charge is 0.260 e. The van der Waals surface area contributed by atoms with Crippen molar-refractivity contribution < 1.29 is 14.3 Å². The van der Waals surface area contributed by atoms with Crippen LogP contribution in [0.4, 0.5) is 5.69 Å². The average Bonchev–Trinajstić information content (AvgIpc) is 2.93. The molecule has 1 spiro atoms. The first-order valence-electron chi connectivity index (χ1n) is 8.76. The van der Waals surface area contributed by atoms with Crippen molar-refractivity contribution in [1.82, 2.24) is 4.90 Å². The maximum absolute atomic E-state index is 12.6. The fourth-order valence-electron chi connectivity index (χ4n) is 3.83. The maximum atomic E-state index is 12.6. The summed E-state index contributed by atoms with van der Waals surface area (Å²) in [4.78, 5) is 26.8. The number of hydrogen-bond acceptors (Lipinski definition) is 3. The zero-order valence-corrected chi connectivity index (χ0v) is 16.0. The van der Waals surface area contributed by atoms with Gasteiger partial charge in [0, 0.05) is 23.8 Å². The van der Waals surface area contributed by atoms with E-state index >= 15 is 0 Å². The molecule has 0 unspecified atom stereocenters. The Hall–Kier alpha value is -2.24. The van der Waals surface area contributed by atoms with Gasteiger partial charge in [0.2, 0.25) is 5.91 Å². The summed E-state index contributed by atoms with van der Waals surface area (Å²) in [7, 11) is 0. The molecule has 0 bridgehead atoms. The molecular formula is C20H18Cl2N2O3. The van der Waals surface area contributed by atoms with Gasteiger partial charge in [-0.25, -0.2) is 0 Å². The van der Waals surface area contributed by atoms with Gasteiger partial charge in [0.15, 0.2) is 6.61 Å².